The molecule has 0 saturated carbocycles. The number of aromatic nitrogens is 1. The van der Waals surface area contributed by atoms with Crippen LogP contribution < -0.4 is 21.5 Å². The topological polar surface area (TPSA) is 97.4 Å². The fourth-order valence-corrected chi connectivity index (χ4v) is 8.86. The van der Waals surface area contributed by atoms with Crippen molar-refractivity contribution in [2.45, 2.75) is 51.6 Å². The summed E-state index contributed by atoms with van der Waals surface area (Å²) >= 11 is 0. The predicted octanol–water partition coefficient (Wildman–Crippen LogP) is 7.04. The highest BCUT2D eigenvalue weighted by Crippen LogP contribution is 2.31. The van der Waals surface area contributed by atoms with Crippen molar-refractivity contribution in [2.75, 3.05) is 75.0 Å². The molecule has 4 N–H and O–H groups in total. The lowest BCUT2D eigenvalue weighted by Gasteiger charge is -2.39. The molecule has 1 aromatic heterocycles. The molecule has 0 unspecified atom stereocenters. The summed E-state index contributed by atoms with van der Waals surface area (Å²) in [6.45, 7) is 12.1. The zero-order valence-corrected chi connectivity index (χ0v) is 32.9. The van der Waals surface area contributed by atoms with E-state index >= 15 is 0 Å². The number of hydrazine groups is 1. The van der Waals surface area contributed by atoms with Gasteiger partial charge in [0.1, 0.15) is 11.6 Å². The van der Waals surface area contributed by atoms with Gasteiger partial charge in [-0.15, -0.1) is 0 Å². The molecular weight excluding hydrogens is 702 g/mol. The lowest BCUT2D eigenvalue weighted by Crippen LogP contribution is -2.49. The summed E-state index contributed by atoms with van der Waals surface area (Å²) < 4.78 is 16.6. The standard InChI is InChI=1S/C45H56FN9O/c1-32(37-7-10-42-38(27-37)29-49-50-42)13-18-48-44-12-9-40(51(44)2)31-52-19-16-35(17-20-52)34-3-5-36(6-4-34)45(56)55-21-14-33(15-22-55)30-53-23-25-54(26-24-53)43-11-8-39(47)28-41(43)46/h3-13,18,27-28,33,35,49-50H,14-17,19-26,29-31,47H2,1-2H3/b32-13+,48-18-. The Hall–Kier alpha value is -4.97. The van der Waals surface area contributed by atoms with Crippen LogP contribution in [0.4, 0.5) is 27.3 Å². The van der Waals surface area contributed by atoms with E-state index in [1.54, 1.807) is 12.1 Å². The minimum atomic E-state index is -0.246. The average Bonchev–Trinajstić information content (AvgIpc) is 3.84. The van der Waals surface area contributed by atoms with Crippen LogP contribution in [-0.2, 0) is 20.1 Å². The molecule has 1 amide bonds. The maximum absolute atomic E-state index is 14.4. The normalized spacial score (nSPS) is 19.2. The predicted molar refractivity (Wildman–Crippen MR) is 226 cm³/mol. The highest BCUT2D eigenvalue weighted by atomic mass is 19.1. The molecule has 294 valence electrons. The number of carbonyl (C=O) groups excluding carboxylic acids is 1. The first-order chi connectivity index (χ1) is 27.3. The van der Waals surface area contributed by atoms with Crippen LogP contribution in [-0.4, -0.2) is 90.3 Å². The number of allylic oxidation sites excluding steroid dienone is 2. The number of halogens is 1. The summed E-state index contributed by atoms with van der Waals surface area (Å²) in [5.41, 5.74) is 21.4. The molecule has 5 heterocycles. The van der Waals surface area contributed by atoms with Crippen LogP contribution >= 0.6 is 0 Å². The Bertz CT molecular complexity index is 2050. The third kappa shape index (κ3) is 8.70. The van der Waals surface area contributed by atoms with Crippen molar-refractivity contribution in [1.82, 2.24) is 24.7 Å². The van der Waals surface area contributed by atoms with Crippen LogP contribution in [0.3, 0.4) is 0 Å². The minimum absolute atomic E-state index is 0.149. The summed E-state index contributed by atoms with van der Waals surface area (Å²) in [4.78, 5) is 27.5. The SMILES string of the molecule is C/C(=C\C=N/c1ccc(CN2CCC(c3ccc(C(=O)N4CCC(CN5CCN(c6ccc(N)cc6F)CC5)CC4)cc3)CC2)n1C)c1ccc2c(c1)CNN2. The van der Waals surface area contributed by atoms with Gasteiger partial charge in [0.25, 0.3) is 5.91 Å². The number of nitrogens with one attached hydrogen (secondary N) is 2. The summed E-state index contributed by atoms with van der Waals surface area (Å²) in [5, 5.41) is 0. The molecule has 3 saturated heterocycles. The number of nitrogens with two attached hydrogens (primary N) is 1. The van der Waals surface area contributed by atoms with Crippen LogP contribution in [0.25, 0.3) is 5.57 Å². The summed E-state index contributed by atoms with van der Waals surface area (Å²) in [5.74, 6) is 1.96. The molecule has 4 aliphatic heterocycles. The Morgan fingerprint density at radius 2 is 1.61 bits per heavy atom. The number of likely N-dealkylation sites (tertiary alicyclic amines) is 2. The van der Waals surface area contributed by atoms with Crippen molar-refractivity contribution < 1.29 is 9.18 Å². The Balaban J connectivity index is 0.756. The van der Waals surface area contributed by atoms with Gasteiger partial charge in [-0.05, 0) is 140 Å². The van der Waals surface area contributed by atoms with Gasteiger partial charge < -0.3 is 25.5 Å². The van der Waals surface area contributed by atoms with Crippen LogP contribution in [0.2, 0.25) is 0 Å². The Kier molecular flexibility index (Phi) is 11.5. The van der Waals surface area contributed by atoms with Crippen molar-refractivity contribution in [3.63, 3.8) is 0 Å². The lowest BCUT2D eigenvalue weighted by atomic mass is 9.88. The molecular formula is C45H56FN9O. The minimum Gasteiger partial charge on any atom is -0.399 e. The molecule has 0 atom stereocenters. The maximum atomic E-state index is 14.4. The largest absolute Gasteiger partial charge is 0.399 e. The van der Waals surface area contributed by atoms with E-state index in [-0.39, 0.29) is 11.7 Å². The van der Waals surface area contributed by atoms with E-state index < -0.39 is 0 Å². The highest BCUT2D eigenvalue weighted by Gasteiger charge is 2.28. The van der Waals surface area contributed by atoms with Gasteiger partial charge in [-0.3, -0.25) is 14.6 Å². The fourth-order valence-electron chi connectivity index (χ4n) is 8.86. The second kappa shape index (κ2) is 17.0. The Morgan fingerprint density at radius 3 is 2.36 bits per heavy atom. The molecule has 0 aliphatic carbocycles. The van der Waals surface area contributed by atoms with Gasteiger partial charge in [0.2, 0.25) is 0 Å². The van der Waals surface area contributed by atoms with E-state index in [0.29, 0.717) is 23.2 Å². The van der Waals surface area contributed by atoms with E-state index in [9.17, 15) is 9.18 Å². The van der Waals surface area contributed by atoms with Crippen molar-refractivity contribution in [1.29, 1.82) is 0 Å². The number of hydrogen-bond donors (Lipinski definition) is 3. The van der Waals surface area contributed by atoms with E-state index in [1.165, 1.54) is 34.0 Å². The van der Waals surface area contributed by atoms with E-state index in [1.807, 2.05) is 23.2 Å². The number of nitrogen functional groups attached to an aromatic ring is 1. The number of rotatable bonds is 10. The number of benzene rings is 3. The molecule has 10 nitrogen and oxygen atoms in total. The van der Waals surface area contributed by atoms with E-state index in [2.05, 4.69) is 92.6 Å². The monoisotopic (exact) mass is 757 g/mol. The van der Waals surface area contributed by atoms with Gasteiger partial charge in [0.15, 0.2) is 0 Å². The van der Waals surface area contributed by atoms with Gasteiger partial charge in [0, 0.05) is 89.1 Å². The van der Waals surface area contributed by atoms with Crippen LogP contribution in [0, 0.1) is 11.7 Å². The van der Waals surface area contributed by atoms with E-state index in [4.69, 9.17) is 10.7 Å². The first-order valence-electron chi connectivity index (χ1n) is 20.4. The second-order valence-electron chi connectivity index (χ2n) is 16.1. The van der Waals surface area contributed by atoms with Crippen LogP contribution in [0.15, 0.2) is 83.9 Å². The highest BCUT2D eigenvalue weighted by molar-refractivity contribution is 5.94. The zero-order chi connectivity index (χ0) is 38.6. The molecule has 0 radical (unpaired) electrons. The fraction of sp³-hybridized carbons (Fsp3) is 0.422. The second-order valence-corrected chi connectivity index (χ2v) is 16.1. The average molecular weight is 758 g/mol. The van der Waals surface area contributed by atoms with Gasteiger partial charge in [-0.1, -0.05) is 18.2 Å². The Morgan fingerprint density at radius 1 is 0.857 bits per heavy atom. The number of aliphatic imine (C=N–C) groups is 1. The number of fused-ring (bicyclic) bond motifs is 1. The maximum Gasteiger partial charge on any atom is 0.253 e. The smallest absolute Gasteiger partial charge is 0.253 e. The van der Waals surface area contributed by atoms with Gasteiger partial charge in [-0.25, -0.2) is 14.8 Å². The van der Waals surface area contributed by atoms with Crippen molar-refractivity contribution in [2.24, 2.45) is 18.0 Å². The molecule has 4 aromatic rings. The quantitative estimate of drug-likeness (QED) is 0.118. The van der Waals surface area contributed by atoms with E-state index in [0.717, 1.165) is 115 Å². The first-order valence-corrected chi connectivity index (χ1v) is 20.4. The van der Waals surface area contributed by atoms with Gasteiger partial charge in [0.05, 0.1) is 11.4 Å². The number of amides is 1. The van der Waals surface area contributed by atoms with Crippen molar-refractivity contribution >= 4 is 40.6 Å². The Labute approximate surface area is 330 Å². The first kappa shape index (κ1) is 37.9. The molecule has 56 heavy (non-hydrogen) atoms. The molecule has 3 fully saturated rings. The lowest BCUT2D eigenvalue weighted by molar-refractivity contribution is 0.0665. The number of piperidine rings is 2. The number of piperazine rings is 1. The third-order valence-electron chi connectivity index (χ3n) is 12.5. The molecule has 11 heteroatoms. The van der Waals surface area contributed by atoms with Gasteiger partial charge >= 0.3 is 0 Å². The number of carbonyl (C=O) groups is 1. The summed E-state index contributed by atoms with van der Waals surface area (Å²) in [7, 11) is 2.11. The van der Waals surface area contributed by atoms with Crippen molar-refractivity contribution in [3.05, 3.63) is 113 Å². The summed E-state index contributed by atoms with van der Waals surface area (Å²) in [6, 6.07) is 24.2. The molecule has 4 aliphatic rings. The molecule has 3 aromatic carbocycles. The van der Waals surface area contributed by atoms with Crippen LogP contribution in [0.5, 0.6) is 0 Å². The molecule has 0 bridgehead atoms. The summed E-state index contributed by atoms with van der Waals surface area (Å²) in [6.07, 6.45) is 8.27. The number of hydrogen-bond acceptors (Lipinski definition) is 8. The van der Waals surface area contributed by atoms with Crippen molar-refractivity contribution in [3.8, 4) is 0 Å². The zero-order valence-electron chi connectivity index (χ0n) is 32.9. The number of nitrogens with zero attached hydrogens (tertiary/aromatic N) is 6. The molecule has 0 spiro atoms. The molecule has 8 rings (SSSR count). The number of anilines is 3. The van der Waals surface area contributed by atoms with Gasteiger partial charge in [-0.2, -0.15) is 0 Å². The van der Waals surface area contributed by atoms with Crippen LogP contribution in [0.1, 0.15) is 71.3 Å². The third-order valence-corrected chi connectivity index (χ3v) is 12.5.